The Kier molecular flexibility index (Phi) is 11.9. The van der Waals surface area contributed by atoms with Gasteiger partial charge in [0.2, 0.25) is 0 Å². The summed E-state index contributed by atoms with van der Waals surface area (Å²) < 4.78 is 0. The van der Waals surface area contributed by atoms with Crippen LogP contribution < -0.4 is 0 Å². The van der Waals surface area contributed by atoms with Crippen molar-refractivity contribution < 1.29 is 9.59 Å². The molecular formula is C14H26O2. The lowest BCUT2D eigenvalue weighted by atomic mass is 10.0. The molecule has 0 aromatic heterocycles. The molecule has 0 fully saturated rings. The molecule has 2 nitrogen and oxygen atoms in total. The minimum atomic E-state index is 0.405. The van der Waals surface area contributed by atoms with Crippen molar-refractivity contribution in [1.82, 2.24) is 0 Å². The third-order valence-electron chi connectivity index (χ3n) is 2.84. The number of carbonyl (C=O) groups is 2. The van der Waals surface area contributed by atoms with Crippen LogP contribution in [0.2, 0.25) is 0 Å². The standard InChI is InChI=1S/C14H26O2/c1-2-3-4-5-8-11-14(16)12-9-6-7-10-13-15/h13H,2-12H2,1H3. The van der Waals surface area contributed by atoms with E-state index in [0.29, 0.717) is 18.6 Å². The summed E-state index contributed by atoms with van der Waals surface area (Å²) in [6.07, 6.45) is 12.1. The van der Waals surface area contributed by atoms with Crippen molar-refractivity contribution >= 4 is 12.1 Å². The van der Waals surface area contributed by atoms with Crippen molar-refractivity contribution in [2.75, 3.05) is 0 Å². The largest absolute Gasteiger partial charge is 0.303 e. The molecule has 0 aromatic carbocycles. The number of carbonyl (C=O) groups excluding carboxylic acids is 2. The Balaban J connectivity index is 3.15. The Morgan fingerprint density at radius 1 is 0.875 bits per heavy atom. The van der Waals surface area contributed by atoms with Crippen LogP contribution in [0, 0.1) is 0 Å². The fourth-order valence-electron chi connectivity index (χ4n) is 1.78. The second-order valence-corrected chi connectivity index (χ2v) is 4.47. The summed E-state index contributed by atoms with van der Waals surface area (Å²) in [5, 5.41) is 0. The quantitative estimate of drug-likeness (QED) is 0.371. The molecule has 0 saturated carbocycles. The van der Waals surface area contributed by atoms with E-state index >= 15 is 0 Å². The van der Waals surface area contributed by atoms with Crippen LogP contribution in [-0.2, 0) is 9.59 Å². The molecule has 0 rings (SSSR count). The zero-order valence-corrected chi connectivity index (χ0v) is 10.7. The molecule has 0 heterocycles. The number of Topliss-reactive ketones (excluding diaryl/α,β-unsaturated/α-hetero) is 1. The molecule has 16 heavy (non-hydrogen) atoms. The van der Waals surface area contributed by atoms with E-state index in [1.165, 1.54) is 25.7 Å². The molecule has 0 aliphatic heterocycles. The predicted octanol–water partition coefficient (Wildman–Crippen LogP) is 4.07. The fraction of sp³-hybridized carbons (Fsp3) is 0.857. The van der Waals surface area contributed by atoms with E-state index in [2.05, 4.69) is 6.92 Å². The lowest BCUT2D eigenvalue weighted by Gasteiger charge is -2.01. The zero-order chi connectivity index (χ0) is 12.1. The van der Waals surface area contributed by atoms with E-state index in [-0.39, 0.29) is 0 Å². The lowest BCUT2D eigenvalue weighted by Crippen LogP contribution is -1.97. The van der Waals surface area contributed by atoms with E-state index in [4.69, 9.17) is 0 Å². The number of unbranched alkanes of at least 4 members (excludes halogenated alkanes) is 7. The maximum absolute atomic E-state index is 11.4. The molecule has 94 valence electrons. The van der Waals surface area contributed by atoms with Crippen molar-refractivity contribution in [2.24, 2.45) is 0 Å². The highest BCUT2D eigenvalue weighted by Gasteiger charge is 2.01. The number of hydrogen-bond donors (Lipinski definition) is 0. The van der Waals surface area contributed by atoms with E-state index in [1.807, 2.05) is 0 Å². The van der Waals surface area contributed by atoms with Crippen molar-refractivity contribution in [1.29, 1.82) is 0 Å². The first-order valence-corrected chi connectivity index (χ1v) is 6.76. The minimum Gasteiger partial charge on any atom is -0.303 e. The summed E-state index contributed by atoms with van der Waals surface area (Å²) >= 11 is 0. The molecule has 0 radical (unpaired) electrons. The van der Waals surface area contributed by atoms with Crippen LogP contribution in [0.1, 0.15) is 77.6 Å². The Morgan fingerprint density at radius 2 is 1.44 bits per heavy atom. The van der Waals surface area contributed by atoms with Gasteiger partial charge in [0.25, 0.3) is 0 Å². The van der Waals surface area contributed by atoms with Crippen LogP contribution in [0.15, 0.2) is 0 Å². The highest BCUT2D eigenvalue weighted by atomic mass is 16.1. The van der Waals surface area contributed by atoms with E-state index in [1.54, 1.807) is 0 Å². The monoisotopic (exact) mass is 226 g/mol. The highest BCUT2D eigenvalue weighted by Crippen LogP contribution is 2.09. The van der Waals surface area contributed by atoms with Gasteiger partial charge < -0.3 is 4.79 Å². The second kappa shape index (κ2) is 12.4. The van der Waals surface area contributed by atoms with Gasteiger partial charge >= 0.3 is 0 Å². The first kappa shape index (κ1) is 15.3. The maximum atomic E-state index is 11.4. The molecule has 0 saturated heterocycles. The molecule has 0 unspecified atom stereocenters. The van der Waals surface area contributed by atoms with Gasteiger partial charge in [0.15, 0.2) is 0 Å². The fourth-order valence-corrected chi connectivity index (χ4v) is 1.78. The third-order valence-corrected chi connectivity index (χ3v) is 2.84. The Hall–Kier alpha value is -0.660. The topological polar surface area (TPSA) is 34.1 Å². The predicted molar refractivity (Wildman–Crippen MR) is 67.5 cm³/mol. The smallest absolute Gasteiger partial charge is 0.132 e. The summed E-state index contributed by atoms with van der Waals surface area (Å²) in [4.78, 5) is 21.5. The van der Waals surface area contributed by atoms with Crippen molar-refractivity contribution in [2.45, 2.75) is 77.6 Å². The average Bonchev–Trinajstić information content (AvgIpc) is 2.28. The van der Waals surface area contributed by atoms with Gasteiger partial charge in [0.1, 0.15) is 12.1 Å². The minimum absolute atomic E-state index is 0.405. The lowest BCUT2D eigenvalue weighted by molar-refractivity contribution is -0.119. The summed E-state index contributed by atoms with van der Waals surface area (Å²) in [5.74, 6) is 0.405. The van der Waals surface area contributed by atoms with Gasteiger partial charge in [-0.1, -0.05) is 39.0 Å². The summed E-state index contributed by atoms with van der Waals surface area (Å²) in [6.45, 7) is 2.20. The zero-order valence-electron chi connectivity index (χ0n) is 10.7. The van der Waals surface area contributed by atoms with Gasteiger partial charge in [0.05, 0.1) is 0 Å². The van der Waals surface area contributed by atoms with E-state index in [0.717, 1.165) is 38.4 Å². The molecule has 0 N–H and O–H groups in total. The molecular weight excluding hydrogens is 200 g/mol. The Labute approximate surface area is 99.8 Å². The van der Waals surface area contributed by atoms with E-state index < -0.39 is 0 Å². The normalized spacial score (nSPS) is 10.3. The third kappa shape index (κ3) is 11.4. The highest BCUT2D eigenvalue weighted by molar-refractivity contribution is 5.78. The van der Waals surface area contributed by atoms with Gasteiger partial charge in [-0.3, -0.25) is 4.79 Å². The molecule has 0 atom stereocenters. The van der Waals surface area contributed by atoms with Crippen LogP contribution >= 0.6 is 0 Å². The average molecular weight is 226 g/mol. The first-order valence-electron chi connectivity index (χ1n) is 6.76. The summed E-state index contributed by atoms with van der Waals surface area (Å²) in [6, 6.07) is 0. The number of rotatable bonds is 12. The van der Waals surface area contributed by atoms with Gasteiger partial charge in [0, 0.05) is 19.3 Å². The van der Waals surface area contributed by atoms with Gasteiger partial charge in [-0.15, -0.1) is 0 Å². The molecule has 0 bridgehead atoms. The van der Waals surface area contributed by atoms with Crippen molar-refractivity contribution in [3.05, 3.63) is 0 Å². The second-order valence-electron chi connectivity index (χ2n) is 4.47. The first-order chi connectivity index (χ1) is 7.81. The molecule has 0 aromatic rings. The Bertz CT molecular complexity index is 176. The molecule has 0 spiro atoms. The van der Waals surface area contributed by atoms with Crippen molar-refractivity contribution in [3.63, 3.8) is 0 Å². The van der Waals surface area contributed by atoms with Crippen LogP contribution in [0.3, 0.4) is 0 Å². The molecule has 0 amide bonds. The number of aldehydes is 1. The summed E-state index contributed by atoms with van der Waals surface area (Å²) in [5.41, 5.74) is 0. The van der Waals surface area contributed by atoms with Gasteiger partial charge in [-0.25, -0.2) is 0 Å². The molecule has 0 aliphatic rings. The SMILES string of the molecule is CCCCCCCC(=O)CCCCCC=O. The molecule has 0 aliphatic carbocycles. The van der Waals surface area contributed by atoms with Gasteiger partial charge in [-0.2, -0.15) is 0 Å². The summed E-state index contributed by atoms with van der Waals surface area (Å²) in [7, 11) is 0. The Morgan fingerprint density at radius 3 is 2.00 bits per heavy atom. The van der Waals surface area contributed by atoms with Gasteiger partial charge in [-0.05, 0) is 19.3 Å². The van der Waals surface area contributed by atoms with Crippen LogP contribution in [0.25, 0.3) is 0 Å². The van der Waals surface area contributed by atoms with Crippen molar-refractivity contribution in [3.8, 4) is 0 Å². The van der Waals surface area contributed by atoms with Crippen LogP contribution in [-0.4, -0.2) is 12.1 Å². The molecule has 2 heteroatoms. The van der Waals surface area contributed by atoms with Crippen LogP contribution in [0.5, 0.6) is 0 Å². The van der Waals surface area contributed by atoms with E-state index in [9.17, 15) is 9.59 Å². The number of ketones is 1. The maximum Gasteiger partial charge on any atom is 0.132 e. The number of hydrogen-bond acceptors (Lipinski definition) is 2. The van der Waals surface area contributed by atoms with Crippen LogP contribution in [0.4, 0.5) is 0 Å².